The van der Waals surface area contributed by atoms with E-state index in [1.54, 1.807) is 24.3 Å². The Balaban J connectivity index is 1.11. The zero-order valence-corrected chi connectivity index (χ0v) is 26.8. The molecule has 0 aliphatic carbocycles. The molecule has 2 amide bonds. The molecule has 12 heteroatoms. The molecular formula is C33H41N4O7P. The SMILES string of the molecule is CCCP(=O)(CCOc1cc2c(cc1CO)C(=O)N1CCC[C@H]1C=N2)CCOc1cc2c(cc1OC)C(=O)N1CCC[C@H]1C=N2. The van der Waals surface area contributed by atoms with Crippen LogP contribution >= 0.6 is 7.14 Å². The minimum atomic E-state index is -2.68. The van der Waals surface area contributed by atoms with Crippen molar-refractivity contribution in [2.75, 3.05) is 51.9 Å². The van der Waals surface area contributed by atoms with Crippen molar-refractivity contribution < 1.29 is 33.5 Å². The van der Waals surface area contributed by atoms with E-state index in [2.05, 4.69) is 9.98 Å². The van der Waals surface area contributed by atoms with Crippen molar-refractivity contribution in [3.8, 4) is 17.2 Å². The fraction of sp³-hybridized carbons (Fsp3) is 0.515. The number of hydrogen-bond donors (Lipinski definition) is 1. The highest BCUT2D eigenvalue weighted by Crippen LogP contribution is 2.46. The van der Waals surface area contributed by atoms with E-state index in [4.69, 9.17) is 14.2 Å². The highest BCUT2D eigenvalue weighted by molar-refractivity contribution is 7.63. The van der Waals surface area contributed by atoms with Gasteiger partial charge in [-0.15, -0.1) is 0 Å². The number of hydrogen-bond acceptors (Lipinski definition) is 9. The molecule has 2 fully saturated rings. The molecule has 4 aliphatic heterocycles. The van der Waals surface area contributed by atoms with E-state index in [-0.39, 0.29) is 43.7 Å². The van der Waals surface area contributed by atoms with Gasteiger partial charge in [0.05, 0.1) is 68.7 Å². The molecule has 2 saturated heterocycles. The van der Waals surface area contributed by atoms with Gasteiger partial charge in [-0.2, -0.15) is 0 Å². The maximum Gasteiger partial charge on any atom is 0.256 e. The molecule has 2 aromatic carbocycles. The second-order valence-electron chi connectivity index (χ2n) is 12.1. The Hall–Kier alpha value is -3.69. The van der Waals surface area contributed by atoms with E-state index in [1.807, 2.05) is 29.2 Å². The van der Waals surface area contributed by atoms with E-state index in [1.165, 1.54) is 7.11 Å². The van der Waals surface area contributed by atoms with Crippen molar-refractivity contribution >= 4 is 42.8 Å². The van der Waals surface area contributed by atoms with Gasteiger partial charge in [-0.1, -0.05) is 6.92 Å². The van der Waals surface area contributed by atoms with Crippen LogP contribution in [0.4, 0.5) is 11.4 Å². The van der Waals surface area contributed by atoms with Gasteiger partial charge in [0.2, 0.25) is 0 Å². The summed E-state index contributed by atoms with van der Waals surface area (Å²) in [4.78, 5) is 39.2. The van der Waals surface area contributed by atoms with Crippen molar-refractivity contribution in [2.45, 2.75) is 57.7 Å². The molecule has 240 valence electrons. The Morgan fingerprint density at radius 3 is 1.93 bits per heavy atom. The molecule has 0 bridgehead atoms. The predicted molar refractivity (Wildman–Crippen MR) is 173 cm³/mol. The first kappa shape index (κ1) is 31.3. The molecule has 45 heavy (non-hydrogen) atoms. The topological polar surface area (TPSA) is 130 Å². The number of rotatable bonds is 12. The Labute approximate surface area is 263 Å². The predicted octanol–water partition coefficient (Wildman–Crippen LogP) is 5.06. The molecular weight excluding hydrogens is 595 g/mol. The summed E-state index contributed by atoms with van der Waals surface area (Å²) in [7, 11) is -1.15. The van der Waals surface area contributed by atoms with Crippen LogP contribution in [0.1, 0.15) is 65.3 Å². The maximum atomic E-state index is 14.0. The van der Waals surface area contributed by atoms with Crippen molar-refractivity contribution in [2.24, 2.45) is 9.98 Å². The number of nitrogens with zero attached hydrogens (tertiary/aromatic N) is 4. The van der Waals surface area contributed by atoms with Gasteiger partial charge in [-0.25, -0.2) is 0 Å². The number of aliphatic hydroxyl groups excluding tert-OH is 1. The van der Waals surface area contributed by atoms with Crippen LogP contribution in [0.2, 0.25) is 0 Å². The molecule has 4 aliphatic rings. The zero-order valence-electron chi connectivity index (χ0n) is 25.9. The minimum Gasteiger partial charge on any atom is -0.493 e. The fourth-order valence-electron chi connectivity index (χ4n) is 6.68. The minimum absolute atomic E-state index is 0.00678. The number of fused-ring (bicyclic) bond motifs is 4. The average Bonchev–Trinajstić information content (AvgIpc) is 3.67. The first-order chi connectivity index (χ1) is 21.8. The number of aliphatic imine (C=N–C) groups is 2. The van der Waals surface area contributed by atoms with Gasteiger partial charge < -0.3 is 33.7 Å². The third-order valence-corrected chi connectivity index (χ3v) is 12.4. The van der Waals surface area contributed by atoms with Crippen LogP contribution in [0.5, 0.6) is 17.2 Å². The number of aliphatic hydroxyl groups is 1. The van der Waals surface area contributed by atoms with Crippen molar-refractivity contribution in [1.82, 2.24) is 9.80 Å². The average molecular weight is 637 g/mol. The van der Waals surface area contributed by atoms with E-state index in [0.717, 1.165) is 32.1 Å². The first-order valence-electron chi connectivity index (χ1n) is 15.9. The Bertz CT molecular complexity index is 1470. The van der Waals surface area contributed by atoms with E-state index < -0.39 is 7.14 Å². The second-order valence-corrected chi connectivity index (χ2v) is 15.5. The largest absolute Gasteiger partial charge is 0.493 e. The summed E-state index contributed by atoms with van der Waals surface area (Å²) in [6, 6.07) is 6.78. The van der Waals surface area contributed by atoms with Crippen molar-refractivity contribution in [3.05, 3.63) is 41.0 Å². The molecule has 1 N–H and O–H groups in total. The molecule has 2 aromatic rings. The Morgan fingerprint density at radius 2 is 1.38 bits per heavy atom. The Morgan fingerprint density at radius 1 is 0.822 bits per heavy atom. The van der Waals surface area contributed by atoms with Gasteiger partial charge in [0.15, 0.2) is 11.5 Å². The standard InChI is InChI=1S/C33H41N4O7P/c1-3-12-45(41,13-10-43-29-17-27-25(15-22(29)21-38)32(39)36-8-4-6-23(36)19-34-27)14-11-44-31-18-28-26(16-30(31)42-2)33(40)37-9-5-7-24(37)20-35-28/h15-20,23-24,38H,3-14,21H2,1-2H3/t23-,24-,45?/m0/s1. The van der Waals surface area contributed by atoms with Gasteiger partial charge in [0.1, 0.15) is 5.75 Å². The quantitative estimate of drug-likeness (QED) is 0.323. The summed E-state index contributed by atoms with van der Waals surface area (Å²) in [6.45, 7) is 3.51. The Kier molecular flexibility index (Phi) is 9.28. The second kappa shape index (κ2) is 13.3. The molecule has 6 rings (SSSR count). The summed E-state index contributed by atoms with van der Waals surface area (Å²) < 4.78 is 31.7. The molecule has 11 nitrogen and oxygen atoms in total. The molecule has 4 heterocycles. The molecule has 3 atom stereocenters. The normalized spacial score (nSPS) is 21.4. The molecule has 0 saturated carbocycles. The summed E-state index contributed by atoms with van der Waals surface area (Å²) >= 11 is 0. The zero-order chi connectivity index (χ0) is 31.6. The lowest BCUT2D eigenvalue weighted by Crippen LogP contribution is -2.35. The van der Waals surface area contributed by atoms with Gasteiger partial charge in [-0.3, -0.25) is 19.6 Å². The molecule has 1 unspecified atom stereocenters. The fourth-order valence-corrected chi connectivity index (χ4v) is 9.01. The van der Waals surface area contributed by atoms with Gasteiger partial charge >= 0.3 is 0 Å². The van der Waals surface area contributed by atoms with Crippen LogP contribution in [0.25, 0.3) is 0 Å². The van der Waals surface area contributed by atoms with Crippen molar-refractivity contribution in [3.63, 3.8) is 0 Å². The van der Waals surface area contributed by atoms with E-state index >= 15 is 0 Å². The summed E-state index contributed by atoms with van der Waals surface area (Å²) in [5.41, 5.74) is 2.52. The third kappa shape index (κ3) is 6.38. The highest BCUT2D eigenvalue weighted by atomic mass is 31.2. The lowest BCUT2D eigenvalue weighted by molar-refractivity contribution is 0.0766. The lowest BCUT2D eigenvalue weighted by atomic mass is 10.1. The molecule has 0 aromatic heterocycles. The number of benzene rings is 2. The number of amides is 2. The van der Waals surface area contributed by atoms with Crippen LogP contribution in [0.15, 0.2) is 34.3 Å². The molecule has 0 spiro atoms. The summed E-state index contributed by atoms with van der Waals surface area (Å²) in [6.07, 6.45) is 9.34. The summed E-state index contributed by atoms with van der Waals surface area (Å²) in [5.74, 6) is 1.19. The van der Waals surface area contributed by atoms with Crippen LogP contribution in [-0.2, 0) is 11.2 Å². The smallest absolute Gasteiger partial charge is 0.256 e. The van der Waals surface area contributed by atoms with Gasteiger partial charge in [0.25, 0.3) is 11.8 Å². The number of carbonyl (C=O) groups is 2. The van der Waals surface area contributed by atoms with Gasteiger partial charge in [0, 0.05) is 61.7 Å². The summed E-state index contributed by atoms with van der Waals surface area (Å²) in [5, 5.41) is 10.1. The van der Waals surface area contributed by atoms with Crippen LogP contribution < -0.4 is 14.2 Å². The number of ether oxygens (including phenoxy) is 3. The monoisotopic (exact) mass is 636 g/mol. The van der Waals surface area contributed by atoms with Crippen LogP contribution in [-0.4, -0.2) is 103 Å². The van der Waals surface area contributed by atoms with E-state index in [0.29, 0.717) is 76.9 Å². The van der Waals surface area contributed by atoms with Crippen molar-refractivity contribution in [1.29, 1.82) is 0 Å². The number of methoxy groups -OCH3 is 1. The molecule has 0 radical (unpaired) electrons. The van der Waals surface area contributed by atoms with Gasteiger partial charge in [-0.05, 0) is 44.2 Å². The highest BCUT2D eigenvalue weighted by Gasteiger charge is 2.34. The lowest BCUT2D eigenvalue weighted by Gasteiger charge is -2.21. The van der Waals surface area contributed by atoms with Crippen LogP contribution in [0.3, 0.4) is 0 Å². The third-order valence-electron chi connectivity index (χ3n) is 9.13. The number of carbonyl (C=O) groups excluding carboxylic acids is 2. The van der Waals surface area contributed by atoms with E-state index in [9.17, 15) is 19.3 Å². The maximum absolute atomic E-state index is 14.0. The van der Waals surface area contributed by atoms with Crippen LogP contribution in [0, 0.1) is 0 Å². The first-order valence-corrected chi connectivity index (χ1v) is 18.1.